The third kappa shape index (κ3) is 2.64. The van der Waals surface area contributed by atoms with Gasteiger partial charge in [-0.3, -0.25) is 0 Å². The number of rotatable bonds is 2. The molecule has 0 bridgehead atoms. The molecule has 1 fully saturated rings. The van der Waals surface area contributed by atoms with Crippen LogP contribution in [0.2, 0.25) is 5.02 Å². The summed E-state index contributed by atoms with van der Waals surface area (Å²) < 4.78 is 4.82. The first-order chi connectivity index (χ1) is 9.19. The molecule has 19 heavy (non-hydrogen) atoms. The number of carbonyl (C=O) groups excluding carboxylic acids is 1. The number of nitrogens with zero attached hydrogens (tertiary/aromatic N) is 3. The summed E-state index contributed by atoms with van der Waals surface area (Å²) in [7, 11) is 1.37. The summed E-state index contributed by atoms with van der Waals surface area (Å²) in [4.78, 5) is 17.9. The maximum atomic E-state index is 11.8. The SMILES string of the molecule is COC(=O)C1CCCCN1c1nccc(C#N)c1Cl. The van der Waals surface area contributed by atoms with Crippen LogP contribution in [0, 0.1) is 11.3 Å². The molecule has 0 spiro atoms. The number of hydrogen-bond acceptors (Lipinski definition) is 5. The summed E-state index contributed by atoms with van der Waals surface area (Å²) in [6.07, 6.45) is 4.16. The molecule has 2 heterocycles. The molecule has 1 aromatic heterocycles. The van der Waals surface area contributed by atoms with E-state index in [2.05, 4.69) is 4.98 Å². The van der Waals surface area contributed by atoms with Gasteiger partial charge in [-0.05, 0) is 25.3 Å². The van der Waals surface area contributed by atoms with E-state index in [1.165, 1.54) is 13.3 Å². The average molecular weight is 280 g/mol. The first-order valence-electron chi connectivity index (χ1n) is 6.08. The number of anilines is 1. The van der Waals surface area contributed by atoms with Crippen molar-refractivity contribution in [2.45, 2.75) is 25.3 Å². The van der Waals surface area contributed by atoms with E-state index < -0.39 is 0 Å². The number of aromatic nitrogens is 1. The zero-order chi connectivity index (χ0) is 13.8. The lowest BCUT2D eigenvalue weighted by atomic mass is 10.0. The highest BCUT2D eigenvalue weighted by Gasteiger charge is 2.31. The van der Waals surface area contributed by atoms with Crippen LogP contribution in [-0.4, -0.2) is 30.6 Å². The summed E-state index contributed by atoms with van der Waals surface area (Å²) in [5.41, 5.74) is 0.362. The van der Waals surface area contributed by atoms with Crippen LogP contribution in [0.4, 0.5) is 5.82 Å². The van der Waals surface area contributed by atoms with Gasteiger partial charge >= 0.3 is 5.97 Å². The van der Waals surface area contributed by atoms with Crippen LogP contribution in [0.25, 0.3) is 0 Å². The molecule has 6 heteroatoms. The second-order valence-electron chi connectivity index (χ2n) is 4.34. The maximum absolute atomic E-state index is 11.8. The van der Waals surface area contributed by atoms with Gasteiger partial charge in [-0.15, -0.1) is 0 Å². The van der Waals surface area contributed by atoms with Crippen molar-refractivity contribution >= 4 is 23.4 Å². The third-order valence-electron chi connectivity index (χ3n) is 3.24. The highest BCUT2D eigenvalue weighted by Crippen LogP contribution is 2.31. The predicted molar refractivity (Wildman–Crippen MR) is 71.0 cm³/mol. The van der Waals surface area contributed by atoms with E-state index in [0.717, 1.165) is 12.8 Å². The molecular formula is C13H14ClN3O2. The average Bonchev–Trinajstić information content (AvgIpc) is 2.47. The molecule has 1 aliphatic heterocycles. The molecule has 1 saturated heterocycles. The molecule has 1 aliphatic rings. The standard InChI is InChI=1S/C13H14ClN3O2/c1-19-13(18)10-4-2-3-7-17(10)12-11(14)9(8-15)5-6-16-12/h5-6,10H,2-4,7H2,1H3. The minimum Gasteiger partial charge on any atom is -0.467 e. The minimum absolute atomic E-state index is 0.292. The molecule has 1 aromatic rings. The van der Waals surface area contributed by atoms with E-state index >= 15 is 0 Å². The van der Waals surface area contributed by atoms with Crippen molar-refractivity contribution in [3.63, 3.8) is 0 Å². The van der Waals surface area contributed by atoms with Gasteiger partial charge in [0.25, 0.3) is 0 Å². The lowest BCUT2D eigenvalue weighted by Crippen LogP contribution is -2.46. The van der Waals surface area contributed by atoms with Crippen molar-refractivity contribution in [1.82, 2.24) is 4.98 Å². The normalized spacial score (nSPS) is 18.8. The number of piperidine rings is 1. The molecule has 0 N–H and O–H groups in total. The summed E-state index contributed by atoms with van der Waals surface area (Å²) >= 11 is 6.18. The number of esters is 1. The molecule has 0 aliphatic carbocycles. The van der Waals surface area contributed by atoms with Crippen molar-refractivity contribution in [1.29, 1.82) is 5.26 Å². The maximum Gasteiger partial charge on any atom is 0.328 e. The Bertz CT molecular complexity index is 527. The van der Waals surface area contributed by atoms with Gasteiger partial charge in [0.05, 0.1) is 12.7 Å². The number of ether oxygens (including phenoxy) is 1. The van der Waals surface area contributed by atoms with Crippen LogP contribution in [-0.2, 0) is 9.53 Å². The Labute approximate surface area is 116 Å². The van der Waals surface area contributed by atoms with Gasteiger partial charge in [0.2, 0.25) is 0 Å². The highest BCUT2D eigenvalue weighted by molar-refractivity contribution is 6.34. The third-order valence-corrected chi connectivity index (χ3v) is 3.61. The Morgan fingerprint density at radius 2 is 2.42 bits per heavy atom. The molecule has 0 amide bonds. The first-order valence-corrected chi connectivity index (χ1v) is 6.46. The molecule has 100 valence electrons. The first kappa shape index (κ1) is 13.6. The van der Waals surface area contributed by atoms with Crippen molar-refractivity contribution in [3.8, 4) is 6.07 Å². The lowest BCUT2D eigenvalue weighted by Gasteiger charge is -2.35. The smallest absolute Gasteiger partial charge is 0.328 e. The van der Waals surface area contributed by atoms with Crippen molar-refractivity contribution < 1.29 is 9.53 Å². The minimum atomic E-state index is -0.377. The van der Waals surface area contributed by atoms with E-state index in [0.29, 0.717) is 29.4 Å². The zero-order valence-corrected chi connectivity index (χ0v) is 11.4. The highest BCUT2D eigenvalue weighted by atomic mass is 35.5. The van der Waals surface area contributed by atoms with Crippen LogP contribution in [0.15, 0.2) is 12.3 Å². The molecule has 0 saturated carbocycles. The van der Waals surface area contributed by atoms with Gasteiger partial charge in [0, 0.05) is 12.7 Å². The Hall–Kier alpha value is -1.80. The summed E-state index contributed by atoms with van der Waals surface area (Å²) in [6, 6.07) is 3.20. The molecule has 1 unspecified atom stereocenters. The number of carbonyl (C=O) groups is 1. The topological polar surface area (TPSA) is 66.2 Å². The van der Waals surface area contributed by atoms with Gasteiger partial charge in [0.1, 0.15) is 23.0 Å². The van der Waals surface area contributed by atoms with Gasteiger partial charge in [-0.25, -0.2) is 9.78 Å². The van der Waals surface area contributed by atoms with Crippen LogP contribution in [0.5, 0.6) is 0 Å². The van der Waals surface area contributed by atoms with Crippen molar-refractivity contribution in [2.24, 2.45) is 0 Å². The summed E-state index contributed by atoms with van der Waals surface area (Å²) in [5.74, 6) is 0.191. The van der Waals surface area contributed by atoms with Crippen LogP contribution in [0.1, 0.15) is 24.8 Å². The monoisotopic (exact) mass is 279 g/mol. The number of nitriles is 1. The second-order valence-corrected chi connectivity index (χ2v) is 4.71. The molecule has 5 nitrogen and oxygen atoms in total. The number of halogens is 1. The number of methoxy groups -OCH3 is 1. The van der Waals surface area contributed by atoms with Crippen LogP contribution in [0.3, 0.4) is 0 Å². The predicted octanol–water partition coefficient (Wildman–Crippen LogP) is 2.14. The fourth-order valence-electron chi connectivity index (χ4n) is 2.29. The van der Waals surface area contributed by atoms with E-state index in [1.807, 2.05) is 11.0 Å². The fourth-order valence-corrected chi connectivity index (χ4v) is 2.55. The number of pyridine rings is 1. The molecular weight excluding hydrogens is 266 g/mol. The van der Waals surface area contributed by atoms with Crippen LogP contribution < -0.4 is 4.90 Å². The fraction of sp³-hybridized carbons (Fsp3) is 0.462. The van der Waals surface area contributed by atoms with E-state index in [9.17, 15) is 4.79 Å². The van der Waals surface area contributed by atoms with Crippen molar-refractivity contribution in [3.05, 3.63) is 22.8 Å². The largest absolute Gasteiger partial charge is 0.467 e. The van der Waals surface area contributed by atoms with E-state index in [-0.39, 0.29) is 12.0 Å². The lowest BCUT2D eigenvalue weighted by molar-refractivity contribution is -0.142. The quantitative estimate of drug-likeness (QED) is 0.776. The molecule has 2 rings (SSSR count). The van der Waals surface area contributed by atoms with Gasteiger partial charge in [-0.1, -0.05) is 11.6 Å². The van der Waals surface area contributed by atoms with Crippen LogP contribution >= 0.6 is 11.6 Å². The van der Waals surface area contributed by atoms with E-state index in [4.69, 9.17) is 21.6 Å². The Balaban J connectivity index is 2.38. The molecule has 0 aromatic carbocycles. The van der Waals surface area contributed by atoms with E-state index in [1.54, 1.807) is 6.07 Å². The van der Waals surface area contributed by atoms with Gasteiger partial charge in [0.15, 0.2) is 0 Å². The molecule has 1 atom stereocenters. The second kappa shape index (κ2) is 5.89. The zero-order valence-electron chi connectivity index (χ0n) is 10.6. The number of hydrogen-bond donors (Lipinski definition) is 0. The Kier molecular flexibility index (Phi) is 4.23. The Morgan fingerprint density at radius 3 is 3.11 bits per heavy atom. The molecule has 0 radical (unpaired) electrons. The van der Waals surface area contributed by atoms with Gasteiger partial charge in [-0.2, -0.15) is 5.26 Å². The summed E-state index contributed by atoms with van der Waals surface area (Å²) in [6.45, 7) is 0.682. The van der Waals surface area contributed by atoms with Crippen molar-refractivity contribution in [2.75, 3.05) is 18.6 Å². The Morgan fingerprint density at radius 1 is 1.63 bits per heavy atom. The van der Waals surface area contributed by atoms with Gasteiger partial charge < -0.3 is 9.64 Å². The summed E-state index contributed by atoms with van der Waals surface area (Å²) in [5, 5.41) is 9.28.